The molecule has 100 valence electrons. The van der Waals surface area contributed by atoms with Crippen molar-refractivity contribution in [3.63, 3.8) is 0 Å². The van der Waals surface area contributed by atoms with Crippen molar-refractivity contribution in [2.24, 2.45) is 5.11 Å². The van der Waals surface area contributed by atoms with Crippen molar-refractivity contribution in [1.29, 1.82) is 0 Å². The van der Waals surface area contributed by atoms with E-state index in [2.05, 4.69) is 39.2 Å². The number of morpholine rings is 1. The molecule has 2 aliphatic heterocycles. The third-order valence-corrected chi connectivity index (χ3v) is 4.07. The van der Waals surface area contributed by atoms with Gasteiger partial charge in [-0.25, -0.2) is 0 Å². The van der Waals surface area contributed by atoms with E-state index in [9.17, 15) is 0 Å². The fourth-order valence-corrected chi connectivity index (χ4v) is 3.18. The van der Waals surface area contributed by atoms with E-state index in [1.54, 1.807) is 0 Å². The third kappa shape index (κ3) is 2.73. The second-order valence-corrected chi connectivity index (χ2v) is 5.33. The van der Waals surface area contributed by atoms with Crippen molar-refractivity contribution in [3.05, 3.63) is 46.3 Å². The Morgan fingerprint density at radius 3 is 2.53 bits per heavy atom. The first-order valence-electron chi connectivity index (χ1n) is 6.78. The molecule has 0 saturated carbocycles. The van der Waals surface area contributed by atoms with E-state index < -0.39 is 0 Å². The van der Waals surface area contributed by atoms with Gasteiger partial charge in [-0.1, -0.05) is 35.4 Å². The van der Waals surface area contributed by atoms with Gasteiger partial charge in [0.2, 0.25) is 0 Å². The predicted molar refractivity (Wildman–Crippen MR) is 72.5 cm³/mol. The van der Waals surface area contributed by atoms with E-state index in [0.717, 1.165) is 32.6 Å². The van der Waals surface area contributed by atoms with Crippen LogP contribution in [0.2, 0.25) is 0 Å². The minimum absolute atomic E-state index is 0.135. The van der Waals surface area contributed by atoms with Gasteiger partial charge in [-0.15, -0.1) is 0 Å². The molecule has 1 aromatic carbocycles. The molecule has 5 nitrogen and oxygen atoms in total. The van der Waals surface area contributed by atoms with Gasteiger partial charge < -0.3 is 4.74 Å². The fourth-order valence-electron chi connectivity index (χ4n) is 3.18. The summed E-state index contributed by atoms with van der Waals surface area (Å²) in [5.74, 6) is 0. The Morgan fingerprint density at radius 2 is 1.89 bits per heavy atom. The highest BCUT2D eigenvalue weighted by Crippen LogP contribution is 2.30. The number of piperidine rings is 1. The highest BCUT2D eigenvalue weighted by Gasteiger charge is 2.38. The van der Waals surface area contributed by atoms with Gasteiger partial charge in [0.25, 0.3) is 0 Å². The number of hydrogen-bond donors (Lipinski definition) is 0. The average molecular weight is 258 g/mol. The summed E-state index contributed by atoms with van der Waals surface area (Å²) in [6, 6.07) is 11.4. The predicted octanol–water partition coefficient (Wildman–Crippen LogP) is 2.73. The van der Waals surface area contributed by atoms with Crippen molar-refractivity contribution in [3.8, 4) is 0 Å². The summed E-state index contributed by atoms with van der Waals surface area (Å²) < 4.78 is 5.65. The molecule has 2 atom stereocenters. The zero-order valence-electron chi connectivity index (χ0n) is 10.9. The summed E-state index contributed by atoms with van der Waals surface area (Å²) in [4.78, 5) is 5.48. The molecule has 2 bridgehead atoms. The highest BCUT2D eigenvalue weighted by molar-refractivity contribution is 5.15. The van der Waals surface area contributed by atoms with E-state index in [0.29, 0.717) is 12.1 Å². The first-order valence-corrected chi connectivity index (χ1v) is 6.78. The van der Waals surface area contributed by atoms with Crippen LogP contribution in [0, 0.1) is 0 Å². The quantitative estimate of drug-likeness (QED) is 0.475. The number of rotatable bonds is 3. The van der Waals surface area contributed by atoms with Crippen molar-refractivity contribution >= 4 is 0 Å². The van der Waals surface area contributed by atoms with Crippen molar-refractivity contribution in [1.82, 2.24) is 4.90 Å². The molecule has 2 unspecified atom stereocenters. The van der Waals surface area contributed by atoms with Crippen molar-refractivity contribution in [2.45, 2.75) is 37.5 Å². The fraction of sp³-hybridized carbons (Fsp3) is 0.571. The molecule has 2 fully saturated rings. The molecule has 3 rings (SSSR count). The number of fused-ring (bicyclic) bond motifs is 2. The molecule has 0 amide bonds. The molecule has 0 aromatic heterocycles. The molecular formula is C14H18N4O. The normalized spacial score (nSPS) is 30.6. The van der Waals surface area contributed by atoms with E-state index >= 15 is 0 Å². The Morgan fingerprint density at radius 1 is 1.21 bits per heavy atom. The monoisotopic (exact) mass is 258 g/mol. The second-order valence-electron chi connectivity index (χ2n) is 5.33. The van der Waals surface area contributed by atoms with Crippen LogP contribution < -0.4 is 0 Å². The van der Waals surface area contributed by atoms with Gasteiger partial charge in [0.05, 0.1) is 13.2 Å². The standard InChI is InChI=1S/C14H18N4O/c15-17-16-12-6-13-9-19-10-14(7-12)18(13)8-11-4-2-1-3-5-11/h1-5,12-14H,6-10H2. The molecule has 0 aliphatic carbocycles. The average Bonchev–Trinajstić information content (AvgIpc) is 2.41. The largest absolute Gasteiger partial charge is 0.378 e. The minimum Gasteiger partial charge on any atom is -0.378 e. The van der Waals surface area contributed by atoms with Gasteiger partial charge in [0.1, 0.15) is 0 Å². The lowest BCUT2D eigenvalue weighted by Gasteiger charge is -2.47. The van der Waals surface area contributed by atoms with E-state index in [1.165, 1.54) is 5.56 Å². The van der Waals surface area contributed by atoms with Gasteiger partial charge in [-0.3, -0.25) is 4.90 Å². The van der Waals surface area contributed by atoms with Gasteiger partial charge >= 0.3 is 0 Å². The molecule has 5 heteroatoms. The maximum atomic E-state index is 8.60. The van der Waals surface area contributed by atoms with Crippen LogP contribution in [0.1, 0.15) is 18.4 Å². The van der Waals surface area contributed by atoms with Crippen LogP contribution in [0.4, 0.5) is 0 Å². The lowest BCUT2D eigenvalue weighted by atomic mass is 9.90. The molecule has 19 heavy (non-hydrogen) atoms. The molecule has 0 N–H and O–H groups in total. The summed E-state index contributed by atoms with van der Waals surface area (Å²) in [6.07, 6.45) is 1.82. The van der Waals surface area contributed by atoms with Crippen LogP contribution in [0.25, 0.3) is 10.4 Å². The molecule has 1 aromatic rings. The maximum Gasteiger partial charge on any atom is 0.0622 e. The van der Waals surface area contributed by atoms with Crippen LogP contribution in [-0.2, 0) is 11.3 Å². The second kappa shape index (κ2) is 5.61. The van der Waals surface area contributed by atoms with Crippen LogP contribution >= 0.6 is 0 Å². The topological polar surface area (TPSA) is 61.2 Å². The van der Waals surface area contributed by atoms with Crippen LogP contribution in [0.3, 0.4) is 0 Å². The van der Waals surface area contributed by atoms with Crippen LogP contribution in [0.5, 0.6) is 0 Å². The molecule has 0 radical (unpaired) electrons. The number of azide groups is 1. The first-order chi connectivity index (χ1) is 9.36. The lowest BCUT2D eigenvalue weighted by Crippen LogP contribution is -2.57. The Labute approximate surface area is 112 Å². The van der Waals surface area contributed by atoms with Gasteiger partial charge in [0.15, 0.2) is 0 Å². The molecule has 0 spiro atoms. The Bertz CT molecular complexity index is 458. The summed E-state index contributed by atoms with van der Waals surface area (Å²) in [7, 11) is 0. The maximum absolute atomic E-state index is 8.60. The minimum atomic E-state index is 0.135. The molecule has 2 saturated heterocycles. The van der Waals surface area contributed by atoms with Crippen LogP contribution in [-0.4, -0.2) is 36.2 Å². The molecule has 2 heterocycles. The molecule has 2 aliphatic rings. The van der Waals surface area contributed by atoms with Crippen molar-refractivity contribution < 1.29 is 4.74 Å². The zero-order chi connectivity index (χ0) is 13.1. The molecular weight excluding hydrogens is 240 g/mol. The summed E-state index contributed by atoms with van der Waals surface area (Å²) in [5.41, 5.74) is 9.93. The number of nitrogens with zero attached hydrogens (tertiary/aromatic N) is 4. The summed E-state index contributed by atoms with van der Waals surface area (Å²) >= 11 is 0. The van der Waals surface area contributed by atoms with E-state index in [-0.39, 0.29) is 6.04 Å². The third-order valence-electron chi connectivity index (χ3n) is 4.07. The highest BCUT2D eigenvalue weighted by atomic mass is 16.5. The van der Waals surface area contributed by atoms with E-state index in [1.807, 2.05) is 6.07 Å². The number of benzene rings is 1. The Balaban J connectivity index is 1.74. The number of hydrogen-bond acceptors (Lipinski definition) is 3. The zero-order valence-corrected chi connectivity index (χ0v) is 10.9. The van der Waals surface area contributed by atoms with Gasteiger partial charge in [0, 0.05) is 29.6 Å². The van der Waals surface area contributed by atoms with Crippen molar-refractivity contribution in [2.75, 3.05) is 13.2 Å². The first kappa shape index (κ1) is 12.5. The van der Waals surface area contributed by atoms with Crippen LogP contribution in [0.15, 0.2) is 35.4 Å². The summed E-state index contributed by atoms with van der Waals surface area (Å²) in [5, 5.41) is 3.91. The smallest absolute Gasteiger partial charge is 0.0622 e. The Hall–Kier alpha value is -1.55. The summed E-state index contributed by atoms with van der Waals surface area (Å²) in [6.45, 7) is 2.46. The van der Waals surface area contributed by atoms with E-state index in [4.69, 9.17) is 10.3 Å². The SMILES string of the molecule is [N-]=[N+]=NC1CC2COCC(C1)N2Cc1ccccc1. The lowest BCUT2D eigenvalue weighted by molar-refractivity contribution is -0.0818. The van der Waals surface area contributed by atoms with Gasteiger partial charge in [-0.05, 0) is 23.9 Å². The number of ether oxygens (including phenoxy) is 1. The van der Waals surface area contributed by atoms with Gasteiger partial charge in [-0.2, -0.15) is 0 Å². The Kier molecular flexibility index (Phi) is 3.69.